The molecule has 0 saturated carbocycles. The molecule has 2 atom stereocenters. The second-order valence-corrected chi connectivity index (χ2v) is 6.52. The minimum absolute atomic E-state index is 0.246. The lowest BCUT2D eigenvalue weighted by molar-refractivity contribution is -0.182. The number of furan rings is 1. The van der Waals surface area contributed by atoms with E-state index in [2.05, 4.69) is 0 Å². The van der Waals surface area contributed by atoms with Crippen LogP contribution in [-0.4, -0.2) is 23.3 Å². The molecule has 1 aromatic heterocycles. The van der Waals surface area contributed by atoms with Crippen molar-refractivity contribution in [3.05, 3.63) is 29.0 Å². The first kappa shape index (κ1) is 14.6. The number of benzene rings is 1. The van der Waals surface area contributed by atoms with Crippen molar-refractivity contribution in [3.8, 4) is 5.75 Å². The molecule has 2 aromatic rings. The number of aryl methyl sites for hydroxylation is 2. The molecule has 2 unspecified atom stereocenters. The van der Waals surface area contributed by atoms with Crippen molar-refractivity contribution >= 4 is 16.9 Å². The van der Waals surface area contributed by atoms with Crippen molar-refractivity contribution in [1.29, 1.82) is 0 Å². The molecule has 0 radical (unpaired) electrons. The summed E-state index contributed by atoms with van der Waals surface area (Å²) in [5.41, 5.74) is -0.338. The zero-order valence-corrected chi connectivity index (χ0v) is 13.6. The number of carbonyl (C=O) groups excluding carboxylic acids is 1. The SMILES string of the molecule is CCOC(=O)C1(C)Oc2ccc3oc(C)c4c3c2C1(O)CCC4. The summed E-state index contributed by atoms with van der Waals surface area (Å²) in [6, 6.07) is 3.61. The third-order valence-corrected chi connectivity index (χ3v) is 5.27. The maximum absolute atomic E-state index is 12.6. The van der Waals surface area contributed by atoms with Gasteiger partial charge in [-0.1, -0.05) is 0 Å². The van der Waals surface area contributed by atoms with Crippen LogP contribution in [0.3, 0.4) is 0 Å². The summed E-state index contributed by atoms with van der Waals surface area (Å²) in [7, 11) is 0. The van der Waals surface area contributed by atoms with Gasteiger partial charge in [0.2, 0.25) is 5.60 Å². The molecule has 5 nitrogen and oxygen atoms in total. The number of aliphatic hydroxyl groups is 1. The lowest BCUT2D eigenvalue weighted by atomic mass is 9.77. The lowest BCUT2D eigenvalue weighted by Gasteiger charge is -2.35. The first-order valence-electron chi connectivity index (χ1n) is 8.06. The van der Waals surface area contributed by atoms with E-state index in [1.165, 1.54) is 0 Å². The van der Waals surface area contributed by atoms with Gasteiger partial charge in [-0.25, -0.2) is 4.79 Å². The molecule has 0 saturated heterocycles. The highest BCUT2D eigenvalue weighted by atomic mass is 16.6. The third-order valence-electron chi connectivity index (χ3n) is 5.27. The number of rotatable bonds is 2. The van der Waals surface area contributed by atoms with Crippen molar-refractivity contribution in [2.45, 2.75) is 51.2 Å². The van der Waals surface area contributed by atoms with Crippen LogP contribution in [0, 0.1) is 6.92 Å². The largest absolute Gasteiger partial charge is 0.472 e. The summed E-state index contributed by atoms with van der Waals surface area (Å²) in [5.74, 6) is 0.873. The Balaban J connectivity index is 2.02. The van der Waals surface area contributed by atoms with E-state index in [9.17, 15) is 9.90 Å². The Hall–Kier alpha value is -2.01. The van der Waals surface area contributed by atoms with Gasteiger partial charge in [0.05, 0.1) is 6.61 Å². The summed E-state index contributed by atoms with van der Waals surface area (Å²) in [6.07, 6.45) is 2.01. The third kappa shape index (κ3) is 1.63. The second-order valence-electron chi connectivity index (χ2n) is 6.52. The van der Waals surface area contributed by atoms with Gasteiger partial charge in [-0.2, -0.15) is 0 Å². The molecule has 122 valence electrons. The van der Waals surface area contributed by atoms with Crippen LogP contribution in [-0.2, 0) is 21.6 Å². The molecule has 2 heterocycles. The molecule has 1 aliphatic heterocycles. The van der Waals surface area contributed by atoms with Crippen molar-refractivity contribution in [2.24, 2.45) is 0 Å². The van der Waals surface area contributed by atoms with E-state index < -0.39 is 17.2 Å². The topological polar surface area (TPSA) is 68.9 Å². The summed E-state index contributed by atoms with van der Waals surface area (Å²) in [6.45, 7) is 5.55. The molecule has 5 heteroatoms. The first-order valence-corrected chi connectivity index (χ1v) is 8.06. The quantitative estimate of drug-likeness (QED) is 0.863. The first-order chi connectivity index (χ1) is 10.9. The molecule has 0 bridgehead atoms. The number of ether oxygens (including phenoxy) is 2. The summed E-state index contributed by atoms with van der Waals surface area (Å²) in [4.78, 5) is 12.6. The van der Waals surface area contributed by atoms with Crippen LogP contribution >= 0.6 is 0 Å². The van der Waals surface area contributed by atoms with Crippen LogP contribution in [0.1, 0.15) is 43.6 Å². The van der Waals surface area contributed by atoms with E-state index in [4.69, 9.17) is 13.9 Å². The zero-order valence-electron chi connectivity index (χ0n) is 13.6. The molecule has 0 spiro atoms. The van der Waals surface area contributed by atoms with Gasteiger partial charge in [0.1, 0.15) is 22.7 Å². The highest BCUT2D eigenvalue weighted by molar-refractivity contribution is 5.93. The van der Waals surface area contributed by atoms with E-state index in [0.29, 0.717) is 17.7 Å². The van der Waals surface area contributed by atoms with Gasteiger partial charge in [-0.3, -0.25) is 0 Å². The van der Waals surface area contributed by atoms with Crippen LogP contribution in [0.4, 0.5) is 0 Å². The molecular formula is C18H20O5. The molecule has 0 amide bonds. The monoisotopic (exact) mass is 316 g/mol. The smallest absolute Gasteiger partial charge is 0.353 e. The molecule has 2 aliphatic rings. The van der Waals surface area contributed by atoms with Crippen LogP contribution in [0.5, 0.6) is 5.75 Å². The minimum Gasteiger partial charge on any atom is -0.472 e. The van der Waals surface area contributed by atoms with E-state index >= 15 is 0 Å². The molecule has 4 rings (SSSR count). The number of hydrogen-bond donors (Lipinski definition) is 1. The van der Waals surface area contributed by atoms with E-state index in [1.807, 2.05) is 13.0 Å². The lowest BCUT2D eigenvalue weighted by Crippen LogP contribution is -2.55. The minimum atomic E-state index is -1.44. The molecule has 1 aromatic carbocycles. The number of esters is 1. The fourth-order valence-electron chi connectivity index (χ4n) is 4.06. The van der Waals surface area contributed by atoms with E-state index in [-0.39, 0.29) is 6.61 Å². The summed E-state index contributed by atoms with van der Waals surface area (Å²) in [5, 5.41) is 12.4. The van der Waals surface area contributed by atoms with Crippen molar-refractivity contribution in [3.63, 3.8) is 0 Å². The maximum atomic E-state index is 12.6. The van der Waals surface area contributed by atoms with Crippen molar-refractivity contribution < 1.29 is 23.8 Å². The van der Waals surface area contributed by atoms with Gasteiger partial charge in [0.25, 0.3) is 0 Å². The summed E-state index contributed by atoms with van der Waals surface area (Å²) >= 11 is 0. The van der Waals surface area contributed by atoms with Crippen molar-refractivity contribution in [2.75, 3.05) is 6.61 Å². The normalized spacial score (nSPS) is 28.5. The number of hydrogen-bond acceptors (Lipinski definition) is 5. The summed E-state index contributed by atoms with van der Waals surface area (Å²) < 4.78 is 17.0. The highest BCUT2D eigenvalue weighted by Crippen LogP contribution is 2.56. The van der Waals surface area contributed by atoms with Crippen LogP contribution in [0.25, 0.3) is 11.0 Å². The van der Waals surface area contributed by atoms with E-state index in [0.717, 1.165) is 35.1 Å². The maximum Gasteiger partial charge on any atom is 0.353 e. The molecule has 23 heavy (non-hydrogen) atoms. The average Bonchev–Trinajstić information content (AvgIpc) is 2.86. The zero-order chi connectivity index (χ0) is 16.4. The number of carbonyl (C=O) groups is 1. The Labute approximate surface area is 134 Å². The van der Waals surface area contributed by atoms with Gasteiger partial charge in [0.15, 0.2) is 0 Å². The predicted octanol–water partition coefficient (Wildman–Crippen LogP) is 2.98. The van der Waals surface area contributed by atoms with Crippen LogP contribution in [0.2, 0.25) is 0 Å². The Bertz CT molecular complexity index is 820. The van der Waals surface area contributed by atoms with Crippen molar-refractivity contribution in [1.82, 2.24) is 0 Å². The Morgan fingerprint density at radius 3 is 2.96 bits per heavy atom. The highest BCUT2D eigenvalue weighted by Gasteiger charge is 2.63. The molecule has 0 fully saturated rings. The van der Waals surface area contributed by atoms with Gasteiger partial charge in [-0.05, 0) is 52.2 Å². The molecule has 1 aliphatic carbocycles. The fourth-order valence-corrected chi connectivity index (χ4v) is 4.06. The molecule has 1 N–H and O–H groups in total. The van der Waals surface area contributed by atoms with Gasteiger partial charge in [-0.15, -0.1) is 0 Å². The Morgan fingerprint density at radius 1 is 1.43 bits per heavy atom. The Morgan fingerprint density at radius 2 is 2.22 bits per heavy atom. The standard InChI is InChI=1S/C18H20O5/c1-4-21-16(19)17(3)18(20)9-5-6-11-10(2)22-12-7-8-13(23-17)15(18)14(11)12/h7-8,20H,4-6,9H2,1-3H3. The van der Waals surface area contributed by atoms with Gasteiger partial charge >= 0.3 is 5.97 Å². The van der Waals surface area contributed by atoms with Gasteiger partial charge < -0.3 is 19.0 Å². The van der Waals surface area contributed by atoms with Crippen LogP contribution < -0.4 is 4.74 Å². The second kappa shape index (κ2) is 4.51. The van der Waals surface area contributed by atoms with E-state index in [1.54, 1.807) is 19.9 Å². The average molecular weight is 316 g/mol. The fraction of sp³-hybridized carbons (Fsp3) is 0.500. The molecular weight excluding hydrogens is 296 g/mol. The van der Waals surface area contributed by atoms with Gasteiger partial charge in [0, 0.05) is 16.5 Å². The predicted molar refractivity (Wildman–Crippen MR) is 83.5 cm³/mol. The Kier molecular flexibility index (Phi) is 2.86. The van der Waals surface area contributed by atoms with Crippen LogP contribution in [0.15, 0.2) is 16.5 Å².